The fourth-order valence-electron chi connectivity index (χ4n) is 2.71. The molecule has 2 N–H and O–H groups in total. The molecule has 0 aromatic heterocycles. The summed E-state index contributed by atoms with van der Waals surface area (Å²) in [6, 6.07) is -0.389. The molecule has 2 heterocycles. The van der Waals surface area contributed by atoms with Gasteiger partial charge in [-0.2, -0.15) is 0 Å². The third kappa shape index (κ3) is 3.43. The van der Waals surface area contributed by atoms with E-state index in [1.165, 1.54) is 0 Å². The van der Waals surface area contributed by atoms with Crippen LogP contribution in [0.2, 0.25) is 0 Å². The monoisotopic (exact) mass is 256 g/mol. The van der Waals surface area contributed by atoms with Crippen molar-refractivity contribution in [3.05, 3.63) is 0 Å². The van der Waals surface area contributed by atoms with E-state index >= 15 is 0 Å². The molecule has 2 aliphatic rings. The number of nitrogens with two attached hydrogens (primary N) is 1. The smallest absolute Gasteiger partial charge is 0.239 e. The predicted molar refractivity (Wildman–Crippen MR) is 68.1 cm³/mol. The van der Waals surface area contributed by atoms with Crippen molar-refractivity contribution < 1.29 is 14.3 Å². The van der Waals surface area contributed by atoms with Crippen molar-refractivity contribution in [1.82, 2.24) is 4.90 Å². The fourth-order valence-corrected chi connectivity index (χ4v) is 2.71. The van der Waals surface area contributed by atoms with Crippen LogP contribution in [-0.2, 0) is 14.3 Å². The summed E-state index contributed by atoms with van der Waals surface area (Å²) in [5, 5.41) is 0. The molecule has 104 valence electrons. The average Bonchev–Trinajstić information content (AvgIpc) is 2.91. The van der Waals surface area contributed by atoms with Crippen LogP contribution < -0.4 is 5.73 Å². The minimum atomic E-state index is -0.389. The first-order chi connectivity index (χ1) is 8.68. The third-order valence-electron chi connectivity index (χ3n) is 3.94. The molecule has 0 bridgehead atoms. The quantitative estimate of drug-likeness (QED) is 0.789. The first-order valence-electron chi connectivity index (χ1n) is 6.88. The Morgan fingerprint density at radius 1 is 1.33 bits per heavy atom. The van der Waals surface area contributed by atoms with Gasteiger partial charge in [-0.1, -0.05) is 0 Å². The van der Waals surface area contributed by atoms with Gasteiger partial charge in [0, 0.05) is 33.4 Å². The third-order valence-corrected chi connectivity index (χ3v) is 3.94. The van der Waals surface area contributed by atoms with E-state index in [4.69, 9.17) is 15.2 Å². The Bertz CT molecular complexity index is 273. The lowest BCUT2D eigenvalue weighted by molar-refractivity contribution is -0.134. The summed E-state index contributed by atoms with van der Waals surface area (Å²) in [4.78, 5) is 14.0. The number of carbonyl (C=O) groups is 1. The van der Waals surface area contributed by atoms with Crippen molar-refractivity contribution in [1.29, 1.82) is 0 Å². The summed E-state index contributed by atoms with van der Waals surface area (Å²) >= 11 is 0. The molecular weight excluding hydrogens is 232 g/mol. The first-order valence-corrected chi connectivity index (χ1v) is 6.88. The summed E-state index contributed by atoms with van der Waals surface area (Å²) in [6.07, 6.45) is 4.12. The Balaban J connectivity index is 1.80. The van der Waals surface area contributed by atoms with Crippen LogP contribution in [0.3, 0.4) is 0 Å². The molecule has 2 fully saturated rings. The van der Waals surface area contributed by atoms with E-state index in [0.29, 0.717) is 6.54 Å². The second-order valence-corrected chi connectivity index (χ2v) is 5.33. The van der Waals surface area contributed by atoms with E-state index in [1.54, 1.807) is 4.90 Å². The van der Waals surface area contributed by atoms with Gasteiger partial charge in [0.15, 0.2) is 0 Å². The number of carbonyl (C=O) groups excluding carboxylic acids is 1. The molecule has 0 aliphatic carbocycles. The minimum absolute atomic E-state index is 0.0393. The highest BCUT2D eigenvalue weighted by Gasteiger charge is 2.30. The van der Waals surface area contributed by atoms with Crippen molar-refractivity contribution in [3.63, 3.8) is 0 Å². The molecule has 0 spiro atoms. The molecule has 0 aromatic rings. The summed E-state index contributed by atoms with van der Waals surface area (Å²) in [5.41, 5.74) is 6.08. The van der Waals surface area contributed by atoms with Gasteiger partial charge in [0.1, 0.15) is 0 Å². The summed E-state index contributed by atoms with van der Waals surface area (Å²) in [6.45, 7) is 2.93. The van der Waals surface area contributed by atoms with Gasteiger partial charge in [0.2, 0.25) is 5.91 Å². The van der Waals surface area contributed by atoms with Crippen molar-refractivity contribution >= 4 is 5.91 Å². The van der Waals surface area contributed by atoms with Crippen molar-refractivity contribution in [3.8, 4) is 0 Å². The van der Waals surface area contributed by atoms with Gasteiger partial charge in [-0.05, 0) is 31.6 Å². The number of hydrogen-bond acceptors (Lipinski definition) is 4. The number of nitrogens with zero attached hydrogens (tertiary/aromatic N) is 1. The van der Waals surface area contributed by atoms with E-state index in [-0.39, 0.29) is 24.0 Å². The Hall–Kier alpha value is -0.650. The highest BCUT2D eigenvalue weighted by Crippen LogP contribution is 2.19. The predicted octanol–water partition coefficient (Wildman–Crippen LogP) is 0.378. The molecule has 1 amide bonds. The Kier molecular flexibility index (Phi) is 4.97. The summed E-state index contributed by atoms with van der Waals surface area (Å²) in [5.74, 6) is 0.301. The van der Waals surface area contributed by atoms with Crippen LogP contribution in [0.1, 0.15) is 25.7 Å². The first kappa shape index (κ1) is 13.8. The normalized spacial score (nSPS) is 27.1. The van der Waals surface area contributed by atoms with Crippen LogP contribution in [0.5, 0.6) is 0 Å². The maximum Gasteiger partial charge on any atom is 0.239 e. The van der Waals surface area contributed by atoms with E-state index < -0.39 is 0 Å². The van der Waals surface area contributed by atoms with Crippen molar-refractivity contribution in [2.24, 2.45) is 11.7 Å². The molecular formula is C13H24N2O3. The zero-order valence-corrected chi connectivity index (χ0v) is 11.1. The van der Waals surface area contributed by atoms with Crippen LogP contribution >= 0.6 is 0 Å². The molecule has 5 heteroatoms. The lowest BCUT2D eigenvalue weighted by atomic mass is 9.91. The van der Waals surface area contributed by atoms with Crippen LogP contribution in [-0.4, -0.2) is 56.4 Å². The average molecular weight is 256 g/mol. The van der Waals surface area contributed by atoms with Gasteiger partial charge in [-0.3, -0.25) is 4.79 Å². The number of likely N-dealkylation sites (N-methyl/N-ethyl adjacent to an activating group) is 1. The van der Waals surface area contributed by atoms with Crippen molar-refractivity contribution in [2.75, 3.05) is 33.4 Å². The highest BCUT2D eigenvalue weighted by atomic mass is 16.5. The van der Waals surface area contributed by atoms with Gasteiger partial charge in [0.25, 0.3) is 0 Å². The highest BCUT2D eigenvalue weighted by molar-refractivity contribution is 5.81. The second kappa shape index (κ2) is 6.50. The summed E-state index contributed by atoms with van der Waals surface area (Å²) in [7, 11) is 1.82. The fraction of sp³-hybridized carbons (Fsp3) is 0.923. The molecule has 0 aromatic carbocycles. The SMILES string of the molecule is CN(CC1CCCO1)C(=O)C(N)C1CCOCC1. The van der Waals surface area contributed by atoms with Crippen LogP contribution in [0, 0.1) is 5.92 Å². The minimum Gasteiger partial charge on any atom is -0.381 e. The van der Waals surface area contributed by atoms with E-state index in [9.17, 15) is 4.79 Å². The Morgan fingerprint density at radius 3 is 2.67 bits per heavy atom. The zero-order valence-electron chi connectivity index (χ0n) is 11.1. The molecule has 5 nitrogen and oxygen atoms in total. The van der Waals surface area contributed by atoms with E-state index in [1.807, 2.05) is 7.05 Å². The van der Waals surface area contributed by atoms with Crippen LogP contribution in [0.15, 0.2) is 0 Å². The standard InChI is InChI=1S/C13H24N2O3/c1-15(9-11-3-2-6-18-11)13(16)12(14)10-4-7-17-8-5-10/h10-12H,2-9,14H2,1H3. The van der Waals surface area contributed by atoms with Gasteiger partial charge >= 0.3 is 0 Å². The Morgan fingerprint density at radius 2 is 2.06 bits per heavy atom. The molecule has 2 atom stereocenters. The van der Waals surface area contributed by atoms with Crippen LogP contribution in [0.4, 0.5) is 0 Å². The number of amides is 1. The summed E-state index contributed by atoms with van der Waals surface area (Å²) < 4.78 is 10.8. The zero-order chi connectivity index (χ0) is 13.0. The lowest BCUT2D eigenvalue weighted by Crippen LogP contribution is -2.49. The van der Waals surface area contributed by atoms with E-state index in [2.05, 4.69) is 0 Å². The van der Waals surface area contributed by atoms with Crippen molar-refractivity contribution in [2.45, 2.75) is 37.8 Å². The molecule has 2 saturated heterocycles. The maximum atomic E-state index is 12.2. The molecule has 2 rings (SSSR count). The topological polar surface area (TPSA) is 64.8 Å². The van der Waals surface area contributed by atoms with Gasteiger partial charge in [-0.25, -0.2) is 0 Å². The second-order valence-electron chi connectivity index (χ2n) is 5.33. The molecule has 0 radical (unpaired) electrons. The van der Waals surface area contributed by atoms with Gasteiger partial charge in [0.05, 0.1) is 12.1 Å². The van der Waals surface area contributed by atoms with Gasteiger partial charge in [-0.15, -0.1) is 0 Å². The molecule has 2 aliphatic heterocycles. The number of rotatable bonds is 4. The molecule has 18 heavy (non-hydrogen) atoms. The van der Waals surface area contributed by atoms with Crippen LogP contribution in [0.25, 0.3) is 0 Å². The van der Waals surface area contributed by atoms with E-state index in [0.717, 1.165) is 45.5 Å². The number of ether oxygens (including phenoxy) is 2. The lowest BCUT2D eigenvalue weighted by Gasteiger charge is -2.30. The number of hydrogen-bond donors (Lipinski definition) is 1. The molecule has 2 unspecified atom stereocenters. The molecule has 0 saturated carbocycles. The maximum absolute atomic E-state index is 12.2. The Labute approximate surface area is 109 Å². The van der Waals surface area contributed by atoms with Gasteiger partial charge < -0.3 is 20.1 Å². The largest absolute Gasteiger partial charge is 0.381 e.